The maximum Gasteiger partial charge on any atom is 0.244 e. The fourth-order valence-electron chi connectivity index (χ4n) is 2.38. The number of nitrogens with zero attached hydrogens (tertiary/aromatic N) is 3. The second kappa shape index (κ2) is 8.19. The van der Waals surface area contributed by atoms with Crippen molar-refractivity contribution in [3.63, 3.8) is 0 Å². The molecule has 0 aliphatic carbocycles. The number of rotatable bonds is 7. The largest absolute Gasteiger partial charge is 0.496 e. The summed E-state index contributed by atoms with van der Waals surface area (Å²) in [6.45, 7) is 0.580. The molecule has 134 valence electrons. The maximum atomic E-state index is 13.3. The van der Waals surface area contributed by atoms with E-state index in [-0.39, 0.29) is 0 Å². The molecule has 3 aromatic rings. The highest BCUT2D eigenvalue weighted by atomic mass is 19.2. The first kappa shape index (κ1) is 17.5. The molecule has 0 atom stereocenters. The lowest BCUT2D eigenvalue weighted by Gasteiger charge is -2.10. The molecule has 3 rings (SSSR count). The number of nitrogens with one attached hydrogen (secondary N) is 2. The zero-order chi connectivity index (χ0) is 18.4. The van der Waals surface area contributed by atoms with Crippen LogP contribution in [-0.2, 0) is 6.42 Å². The number of hydrogen-bond acceptors (Lipinski definition) is 6. The number of anilines is 3. The molecular weight excluding hydrogens is 340 g/mol. The summed E-state index contributed by atoms with van der Waals surface area (Å²) >= 11 is 0. The van der Waals surface area contributed by atoms with Crippen LogP contribution < -0.4 is 15.4 Å². The molecule has 0 amide bonds. The Bertz CT molecular complexity index is 891. The molecular formula is C18H17F2N5O. The van der Waals surface area contributed by atoms with Crippen LogP contribution in [0.25, 0.3) is 0 Å². The third-order valence-corrected chi connectivity index (χ3v) is 3.62. The van der Waals surface area contributed by atoms with Crippen LogP contribution >= 0.6 is 0 Å². The molecule has 0 fully saturated rings. The molecule has 0 saturated heterocycles. The summed E-state index contributed by atoms with van der Waals surface area (Å²) in [6, 6.07) is 11.2. The van der Waals surface area contributed by atoms with Crippen molar-refractivity contribution in [2.24, 2.45) is 0 Å². The number of hydrogen-bond donors (Lipinski definition) is 2. The van der Waals surface area contributed by atoms with E-state index in [1.165, 1.54) is 12.3 Å². The lowest BCUT2D eigenvalue weighted by Crippen LogP contribution is -2.10. The van der Waals surface area contributed by atoms with Gasteiger partial charge in [0.15, 0.2) is 17.5 Å². The third kappa shape index (κ3) is 4.41. The van der Waals surface area contributed by atoms with E-state index in [2.05, 4.69) is 25.8 Å². The molecule has 1 aromatic heterocycles. The van der Waals surface area contributed by atoms with Gasteiger partial charge in [-0.05, 0) is 30.2 Å². The summed E-state index contributed by atoms with van der Waals surface area (Å²) in [5.74, 6) is -0.331. The molecule has 0 aliphatic heterocycles. The molecule has 8 heteroatoms. The molecule has 26 heavy (non-hydrogen) atoms. The van der Waals surface area contributed by atoms with Crippen molar-refractivity contribution in [3.8, 4) is 5.75 Å². The number of para-hydroxylation sites is 1. The minimum Gasteiger partial charge on any atom is -0.496 e. The Morgan fingerprint density at radius 1 is 1.08 bits per heavy atom. The van der Waals surface area contributed by atoms with Crippen LogP contribution in [0.5, 0.6) is 5.75 Å². The Balaban J connectivity index is 1.61. The van der Waals surface area contributed by atoms with Gasteiger partial charge in [-0.1, -0.05) is 18.2 Å². The Labute approximate surface area is 149 Å². The second-order valence-electron chi connectivity index (χ2n) is 5.41. The van der Waals surface area contributed by atoms with Gasteiger partial charge in [-0.3, -0.25) is 0 Å². The van der Waals surface area contributed by atoms with Gasteiger partial charge in [0.25, 0.3) is 0 Å². The predicted molar refractivity (Wildman–Crippen MR) is 94.7 cm³/mol. The Morgan fingerprint density at radius 2 is 1.92 bits per heavy atom. The minimum atomic E-state index is -0.938. The number of aromatic nitrogens is 3. The van der Waals surface area contributed by atoms with Gasteiger partial charge in [-0.2, -0.15) is 10.1 Å². The first-order chi connectivity index (χ1) is 12.7. The molecule has 1 heterocycles. The van der Waals surface area contributed by atoms with E-state index in [0.717, 1.165) is 23.4 Å². The minimum absolute atomic E-state index is 0.326. The van der Waals surface area contributed by atoms with Gasteiger partial charge >= 0.3 is 0 Å². The van der Waals surface area contributed by atoms with Gasteiger partial charge < -0.3 is 15.4 Å². The molecule has 0 radical (unpaired) electrons. The van der Waals surface area contributed by atoms with Crippen LogP contribution in [0, 0.1) is 11.6 Å². The van der Waals surface area contributed by atoms with Gasteiger partial charge in [0.1, 0.15) is 5.75 Å². The molecule has 0 spiro atoms. The quantitative estimate of drug-likeness (QED) is 0.674. The molecule has 0 unspecified atom stereocenters. The number of halogens is 2. The summed E-state index contributed by atoms with van der Waals surface area (Å²) in [6.07, 6.45) is 2.11. The first-order valence-electron chi connectivity index (χ1n) is 7.93. The molecule has 2 N–H and O–H groups in total. The lowest BCUT2D eigenvalue weighted by atomic mass is 10.1. The predicted octanol–water partition coefficient (Wildman–Crippen LogP) is 3.56. The van der Waals surface area contributed by atoms with Crippen molar-refractivity contribution in [2.75, 3.05) is 24.3 Å². The molecule has 6 nitrogen and oxygen atoms in total. The van der Waals surface area contributed by atoms with Gasteiger partial charge in [-0.15, -0.1) is 5.10 Å². The summed E-state index contributed by atoms with van der Waals surface area (Å²) in [4.78, 5) is 4.25. The van der Waals surface area contributed by atoms with Crippen LogP contribution in [0.4, 0.5) is 26.2 Å². The monoisotopic (exact) mass is 357 g/mol. The van der Waals surface area contributed by atoms with Crippen LogP contribution in [0.15, 0.2) is 48.7 Å². The van der Waals surface area contributed by atoms with Crippen molar-refractivity contribution in [1.82, 2.24) is 15.2 Å². The van der Waals surface area contributed by atoms with Crippen molar-refractivity contribution in [2.45, 2.75) is 6.42 Å². The molecule has 0 saturated carbocycles. The second-order valence-corrected chi connectivity index (χ2v) is 5.41. The standard InChI is InChI=1S/C18H17F2N5O/c1-26-16-5-3-2-4-12(16)8-9-21-18-24-17(11-22-25-18)23-13-6-7-14(19)15(20)10-13/h2-7,10-11H,8-9H2,1H3,(H2,21,23,24,25). The van der Waals surface area contributed by atoms with Gasteiger partial charge in [-0.25, -0.2) is 8.78 Å². The van der Waals surface area contributed by atoms with Crippen LogP contribution in [0.1, 0.15) is 5.56 Å². The fraction of sp³-hybridized carbons (Fsp3) is 0.167. The van der Waals surface area contributed by atoms with E-state index >= 15 is 0 Å². The van der Waals surface area contributed by atoms with Crippen molar-refractivity contribution < 1.29 is 13.5 Å². The van der Waals surface area contributed by atoms with E-state index in [1.54, 1.807) is 7.11 Å². The van der Waals surface area contributed by atoms with Gasteiger partial charge in [0, 0.05) is 18.3 Å². The normalized spacial score (nSPS) is 10.4. The van der Waals surface area contributed by atoms with Crippen LogP contribution in [-0.4, -0.2) is 28.8 Å². The van der Waals surface area contributed by atoms with E-state index in [0.29, 0.717) is 30.4 Å². The smallest absolute Gasteiger partial charge is 0.244 e. The summed E-state index contributed by atoms with van der Waals surface area (Å²) in [5, 5.41) is 13.7. The average molecular weight is 357 g/mol. The molecule has 2 aromatic carbocycles. The Hall–Kier alpha value is -3.29. The maximum absolute atomic E-state index is 13.3. The van der Waals surface area contributed by atoms with Crippen LogP contribution in [0.2, 0.25) is 0 Å². The highest BCUT2D eigenvalue weighted by Crippen LogP contribution is 2.19. The van der Waals surface area contributed by atoms with E-state index in [4.69, 9.17) is 4.74 Å². The third-order valence-electron chi connectivity index (χ3n) is 3.62. The number of methoxy groups -OCH3 is 1. The van der Waals surface area contributed by atoms with Crippen molar-refractivity contribution in [1.29, 1.82) is 0 Å². The summed E-state index contributed by atoms with van der Waals surface area (Å²) in [7, 11) is 1.63. The topological polar surface area (TPSA) is 72.0 Å². The SMILES string of the molecule is COc1ccccc1CCNc1nncc(Nc2ccc(F)c(F)c2)n1. The summed E-state index contributed by atoms with van der Waals surface area (Å²) in [5.41, 5.74) is 1.43. The Kier molecular flexibility index (Phi) is 5.52. The average Bonchev–Trinajstić information content (AvgIpc) is 2.65. The van der Waals surface area contributed by atoms with E-state index in [9.17, 15) is 8.78 Å². The fourth-order valence-corrected chi connectivity index (χ4v) is 2.38. The highest BCUT2D eigenvalue weighted by molar-refractivity contribution is 5.56. The zero-order valence-electron chi connectivity index (χ0n) is 14.0. The zero-order valence-corrected chi connectivity index (χ0v) is 14.0. The lowest BCUT2D eigenvalue weighted by molar-refractivity contribution is 0.410. The van der Waals surface area contributed by atoms with E-state index < -0.39 is 11.6 Å². The van der Waals surface area contributed by atoms with Gasteiger partial charge in [0.2, 0.25) is 5.95 Å². The molecule has 0 bridgehead atoms. The number of benzene rings is 2. The Morgan fingerprint density at radius 3 is 2.73 bits per heavy atom. The molecule has 0 aliphatic rings. The van der Waals surface area contributed by atoms with Crippen LogP contribution in [0.3, 0.4) is 0 Å². The number of ether oxygens (including phenoxy) is 1. The van der Waals surface area contributed by atoms with Gasteiger partial charge in [0.05, 0.1) is 13.3 Å². The van der Waals surface area contributed by atoms with Crippen molar-refractivity contribution >= 4 is 17.5 Å². The van der Waals surface area contributed by atoms with E-state index in [1.807, 2.05) is 24.3 Å². The first-order valence-corrected chi connectivity index (χ1v) is 7.93. The highest BCUT2D eigenvalue weighted by Gasteiger charge is 2.06. The summed E-state index contributed by atoms with van der Waals surface area (Å²) < 4.78 is 31.6. The van der Waals surface area contributed by atoms with Crippen molar-refractivity contribution in [3.05, 3.63) is 65.9 Å².